The van der Waals surface area contributed by atoms with Crippen LogP contribution in [0.15, 0.2) is 85.2 Å². The van der Waals surface area contributed by atoms with Crippen molar-refractivity contribution in [2.75, 3.05) is 13.7 Å². The molecular formula is C26H22F3N3O4. The van der Waals surface area contributed by atoms with Crippen LogP contribution in [0.4, 0.5) is 13.2 Å². The van der Waals surface area contributed by atoms with Gasteiger partial charge in [-0.1, -0.05) is 54.6 Å². The number of nitrogens with zero attached hydrogens (tertiary/aromatic N) is 3. The highest BCUT2D eigenvalue weighted by atomic mass is 19.4. The molecule has 0 amide bonds. The number of hydrogen-bond acceptors (Lipinski definition) is 6. The van der Waals surface area contributed by atoms with Crippen LogP contribution in [0.2, 0.25) is 0 Å². The molecule has 1 heterocycles. The zero-order valence-corrected chi connectivity index (χ0v) is 19.2. The molecule has 0 bridgehead atoms. The van der Waals surface area contributed by atoms with Gasteiger partial charge in [-0.25, -0.2) is 9.67 Å². The van der Waals surface area contributed by atoms with Crippen molar-refractivity contribution in [1.29, 1.82) is 0 Å². The molecule has 0 aliphatic heterocycles. The molecule has 1 aromatic heterocycles. The standard InChI is InChI=1S/C26H22F3N3O4/c1-34-16-23(19-5-3-2-4-6-19)35-24(33)15-18-7-9-20(10-8-18)25-30-17-32(31-25)21-11-13-22(14-12-21)36-26(27,28)29/h2-14,17,23H,15-16H2,1H3. The Morgan fingerprint density at radius 3 is 2.31 bits per heavy atom. The molecule has 7 nitrogen and oxygen atoms in total. The molecule has 0 fully saturated rings. The molecule has 0 saturated carbocycles. The second kappa shape index (κ2) is 11.0. The lowest BCUT2D eigenvalue weighted by atomic mass is 10.1. The Hall–Kier alpha value is -4.18. The summed E-state index contributed by atoms with van der Waals surface area (Å²) in [5.74, 6) is -0.281. The molecule has 0 radical (unpaired) electrons. The monoisotopic (exact) mass is 497 g/mol. The molecule has 10 heteroatoms. The van der Waals surface area contributed by atoms with Crippen molar-refractivity contribution in [2.45, 2.75) is 18.9 Å². The molecule has 186 valence electrons. The molecule has 0 aliphatic carbocycles. The first-order valence-corrected chi connectivity index (χ1v) is 10.9. The lowest BCUT2D eigenvalue weighted by Crippen LogP contribution is -2.17. The fraction of sp³-hybridized carbons (Fsp3) is 0.192. The summed E-state index contributed by atoms with van der Waals surface area (Å²) in [5.41, 5.74) is 2.84. The second-order valence-electron chi connectivity index (χ2n) is 7.77. The zero-order valence-electron chi connectivity index (χ0n) is 19.2. The van der Waals surface area contributed by atoms with E-state index < -0.39 is 12.5 Å². The number of halogens is 3. The lowest BCUT2D eigenvalue weighted by molar-refractivity contribution is -0.274. The van der Waals surface area contributed by atoms with Gasteiger partial charge in [0.25, 0.3) is 0 Å². The molecule has 1 unspecified atom stereocenters. The van der Waals surface area contributed by atoms with Gasteiger partial charge in [-0.3, -0.25) is 4.79 Å². The quantitative estimate of drug-likeness (QED) is 0.292. The van der Waals surface area contributed by atoms with Gasteiger partial charge >= 0.3 is 12.3 Å². The largest absolute Gasteiger partial charge is 0.573 e. The first-order valence-electron chi connectivity index (χ1n) is 10.9. The summed E-state index contributed by atoms with van der Waals surface area (Å²) < 4.78 is 53.1. The number of aromatic nitrogens is 3. The Bertz CT molecular complexity index is 1270. The number of carbonyl (C=O) groups excluding carboxylic acids is 1. The third kappa shape index (κ3) is 6.70. The molecule has 36 heavy (non-hydrogen) atoms. The maximum absolute atomic E-state index is 12.5. The Morgan fingerprint density at radius 2 is 1.67 bits per heavy atom. The molecule has 0 N–H and O–H groups in total. The number of hydrogen-bond donors (Lipinski definition) is 0. The normalized spacial score (nSPS) is 12.2. The SMILES string of the molecule is COCC(OC(=O)Cc1ccc(-c2ncn(-c3ccc(OC(F)(F)F)cc3)n2)cc1)c1ccccc1. The van der Waals surface area contributed by atoms with Gasteiger partial charge in [0, 0.05) is 12.7 Å². The van der Waals surface area contributed by atoms with Crippen LogP contribution in [0.3, 0.4) is 0 Å². The van der Waals surface area contributed by atoms with Crippen LogP contribution in [0.5, 0.6) is 5.75 Å². The Kier molecular flexibility index (Phi) is 7.65. The predicted molar refractivity (Wildman–Crippen MR) is 124 cm³/mol. The van der Waals surface area contributed by atoms with Crippen LogP contribution >= 0.6 is 0 Å². The molecule has 0 spiro atoms. The molecule has 3 aromatic carbocycles. The van der Waals surface area contributed by atoms with Gasteiger partial charge in [0.1, 0.15) is 12.1 Å². The number of carbonyl (C=O) groups is 1. The predicted octanol–water partition coefficient (Wildman–Crippen LogP) is 5.31. The van der Waals surface area contributed by atoms with Gasteiger partial charge in [0.05, 0.1) is 18.7 Å². The van der Waals surface area contributed by atoms with Crippen LogP contribution in [0.25, 0.3) is 17.1 Å². The number of alkyl halides is 3. The molecular weight excluding hydrogens is 475 g/mol. The fourth-order valence-corrected chi connectivity index (χ4v) is 3.48. The highest BCUT2D eigenvalue weighted by Gasteiger charge is 2.31. The molecule has 0 saturated heterocycles. The summed E-state index contributed by atoms with van der Waals surface area (Å²) in [5, 5.41) is 4.38. The third-order valence-electron chi connectivity index (χ3n) is 5.15. The van der Waals surface area contributed by atoms with E-state index in [-0.39, 0.29) is 24.7 Å². The van der Waals surface area contributed by atoms with Gasteiger partial charge in [-0.05, 0) is 35.4 Å². The summed E-state index contributed by atoms with van der Waals surface area (Å²) in [4.78, 5) is 16.8. The molecule has 4 aromatic rings. The van der Waals surface area contributed by atoms with Gasteiger partial charge in [0.15, 0.2) is 11.9 Å². The number of methoxy groups -OCH3 is 1. The first kappa shape index (κ1) is 24.9. The van der Waals surface area contributed by atoms with E-state index in [4.69, 9.17) is 9.47 Å². The fourth-order valence-electron chi connectivity index (χ4n) is 3.48. The highest BCUT2D eigenvalue weighted by Crippen LogP contribution is 2.24. The highest BCUT2D eigenvalue weighted by molar-refractivity contribution is 5.73. The second-order valence-corrected chi connectivity index (χ2v) is 7.77. The van der Waals surface area contributed by atoms with Crippen molar-refractivity contribution < 1.29 is 32.2 Å². The van der Waals surface area contributed by atoms with Gasteiger partial charge < -0.3 is 14.2 Å². The van der Waals surface area contributed by atoms with Gasteiger partial charge in [-0.2, -0.15) is 0 Å². The van der Waals surface area contributed by atoms with E-state index in [0.29, 0.717) is 17.1 Å². The number of ether oxygens (including phenoxy) is 3. The minimum Gasteiger partial charge on any atom is -0.455 e. The van der Waals surface area contributed by atoms with E-state index in [1.807, 2.05) is 30.3 Å². The van der Waals surface area contributed by atoms with Crippen molar-refractivity contribution in [3.8, 4) is 22.8 Å². The summed E-state index contributed by atoms with van der Waals surface area (Å²) in [6.45, 7) is 0.251. The van der Waals surface area contributed by atoms with Crippen LogP contribution in [0.1, 0.15) is 17.2 Å². The summed E-state index contributed by atoms with van der Waals surface area (Å²) in [6, 6.07) is 21.8. The maximum Gasteiger partial charge on any atom is 0.573 e. The topological polar surface area (TPSA) is 75.5 Å². The Balaban J connectivity index is 1.38. The van der Waals surface area contributed by atoms with E-state index >= 15 is 0 Å². The van der Waals surface area contributed by atoms with Gasteiger partial charge in [0.2, 0.25) is 0 Å². The summed E-state index contributed by atoms with van der Waals surface area (Å²) in [6.07, 6.45) is -3.70. The average molecular weight is 497 g/mol. The van der Waals surface area contributed by atoms with E-state index in [9.17, 15) is 18.0 Å². The third-order valence-corrected chi connectivity index (χ3v) is 5.15. The van der Waals surface area contributed by atoms with Crippen molar-refractivity contribution in [3.05, 3.63) is 96.3 Å². The number of rotatable bonds is 9. The maximum atomic E-state index is 12.5. The number of benzene rings is 3. The van der Waals surface area contributed by atoms with Crippen LogP contribution in [-0.2, 0) is 20.7 Å². The van der Waals surface area contributed by atoms with Crippen molar-refractivity contribution >= 4 is 5.97 Å². The summed E-state index contributed by atoms with van der Waals surface area (Å²) in [7, 11) is 1.55. The van der Waals surface area contributed by atoms with Gasteiger partial charge in [-0.15, -0.1) is 18.3 Å². The van der Waals surface area contributed by atoms with E-state index in [0.717, 1.165) is 11.1 Å². The van der Waals surface area contributed by atoms with E-state index in [2.05, 4.69) is 14.8 Å². The smallest absolute Gasteiger partial charge is 0.455 e. The zero-order chi connectivity index (χ0) is 25.5. The van der Waals surface area contributed by atoms with Crippen LogP contribution in [0, 0.1) is 0 Å². The van der Waals surface area contributed by atoms with Crippen LogP contribution in [-0.4, -0.2) is 40.8 Å². The van der Waals surface area contributed by atoms with Crippen molar-refractivity contribution in [1.82, 2.24) is 14.8 Å². The minimum atomic E-state index is -4.75. The lowest BCUT2D eigenvalue weighted by Gasteiger charge is -2.17. The first-order chi connectivity index (χ1) is 17.3. The molecule has 4 rings (SSSR count). The van der Waals surface area contributed by atoms with Crippen molar-refractivity contribution in [3.63, 3.8) is 0 Å². The minimum absolute atomic E-state index is 0.0849. The number of esters is 1. The summed E-state index contributed by atoms with van der Waals surface area (Å²) >= 11 is 0. The Labute approximate surface area is 205 Å². The van der Waals surface area contributed by atoms with Crippen LogP contribution < -0.4 is 4.74 Å². The Morgan fingerprint density at radius 1 is 0.972 bits per heavy atom. The van der Waals surface area contributed by atoms with Crippen molar-refractivity contribution in [2.24, 2.45) is 0 Å². The molecule has 0 aliphatic rings. The van der Waals surface area contributed by atoms with E-state index in [1.54, 1.807) is 31.4 Å². The van der Waals surface area contributed by atoms with E-state index in [1.165, 1.54) is 35.3 Å². The average Bonchev–Trinajstić information content (AvgIpc) is 3.35. The molecule has 1 atom stereocenters.